The van der Waals surface area contributed by atoms with Crippen LogP contribution in [0, 0.1) is 12.8 Å². The highest BCUT2D eigenvalue weighted by atomic mass is 35.5. The standard InChI is InChI=1S/C20H24ClN3O4S2/c1-12-8-15(30(27,28)14-6-7-14)10-18(25)24(12)16(9-13-4-2-3-5-13)19(26)23-20-22-11-17(21)29-20/h8,10-11,13-14,16H,2-7,9H2,1H3,(H,22,23,26)/t16-/m0/s1. The van der Waals surface area contributed by atoms with Gasteiger partial charge in [0.1, 0.15) is 10.4 Å². The van der Waals surface area contributed by atoms with Crippen molar-refractivity contribution in [2.45, 2.75) is 68.1 Å². The van der Waals surface area contributed by atoms with Gasteiger partial charge in [-0.15, -0.1) is 0 Å². The SMILES string of the molecule is Cc1cc(S(=O)(=O)C2CC2)cc(=O)n1[C@@H](CC1CCCC1)C(=O)Nc1ncc(Cl)s1. The molecule has 2 fully saturated rings. The summed E-state index contributed by atoms with van der Waals surface area (Å²) in [6, 6.07) is 1.95. The summed E-state index contributed by atoms with van der Waals surface area (Å²) in [4.78, 5) is 30.3. The van der Waals surface area contributed by atoms with Gasteiger partial charge in [-0.2, -0.15) is 0 Å². The molecule has 0 saturated heterocycles. The molecule has 1 amide bonds. The number of nitrogens with one attached hydrogen (secondary N) is 1. The zero-order chi connectivity index (χ0) is 21.5. The van der Waals surface area contributed by atoms with Gasteiger partial charge in [0.15, 0.2) is 15.0 Å². The van der Waals surface area contributed by atoms with Crippen molar-refractivity contribution in [3.63, 3.8) is 0 Å². The van der Waals surface area contributed by atoms with Crippen LogP contribution in [0.3, 0.4) is 0 Å². The van der Waals surface area contributed by atoms with E-state index in [4.69, 9.17) is 11.6 Å². The van der Waals surface area contributed by atoms with E-state index in [-0.39, 0.29) is 16.1 Å². The Morgan fingerprint density at radius 3 is 2.57 bits per heavy atom. The predicted molar refractivity (Wildman–Crippen MR) is 117 cm³/mol. The van der Waals surface area contributed by atoms with E-state index in [2.05, 4.69) is 10.3 Å². The average molecular weight is 470 g/mol. The number of rotatable bonds is 7. The number of amides is 1. The number of sulfone groups is 1. The van der Waals surface area contributed by atoms with Crippen LogP contribution in [0.1, 0.15) is 56.7 Å². The molecule has 0 aliphatic heterocycles. The molecule has 2 aromatic heterocycles. The molecule has 2 aliphatic carbocycles. The first-order chi connectivity index (χ1) is 14.3. The van der Waals surface area contributed by atoms with Gasteiger partial charge in [0.05, 0.1) is 16.3 Å². The molecule has 10 heteroatoms. The molecule has 0 bridgehead atoms. The van der Waals surface area contributed by atoms with Gasteiger partial charge in [0, 0.05) is 11.8 Å². The molecule has 1 atom stereocenters. The topological polar surface area (TPSA) is 98.1 Å². The number of aryl methyl sites for hydroxylation is 1. The van der Waals surface area contributed by atoms with Crippen molar-refractivity contribution in [3.05, 3.63) is 38.7 Å². The molecule has 2 aromatic rings. The Hall–Kier alpha value is -1.71. The molecule has 162 valence electrons. The first kappa shape index (κ1) is 21.5. The number of thiazole rings is 1. The lowest BCUT2D eigenvalue weighted by Crippen LogP contribution is -2.36. The van der Waals surface area contributed by atoms with Crippen molar-refractivity contribution >= 4 is 43.8 Å². The van der Waals surface area contributed by atoms with E-state index in [1.807, 2.05) is 0 Å². The number of hydrogen-bond donors (Lipinski definition) is 1. The molecule has 0 radical (unpaired) electrons. The molecule has 0 aromatic carbocycles. The number of anilines is 1. The van der Waals surface area contributed by atoms with Crippen molar-refractivity contribution in [1.29, 1.82) is 0 Å². The Kier molecular flexibility index (Phi) is 6.05. The number of aromatic nitrogens is 2. The predicted octanol–water partition coefficient (Wildman–Crippen LogP) is 3.96. The second kappa shape index (κ2) is 8.43. The van der Waals surface area contributed by atoms with E-state index in [0.717, 1.165) is 43.1 Å². The third kappa shape index (κ3) is 4.48. The van der Waals surface area contributed by atoms with E-state index >= 15 is 0 Å². The Morgan fingerprint density at radius 2 is 2.00 bits per heavy atom. The van der Waals surface area contributed by atoms with Gasteiger partial charge in [-0.05, 0) is 38.2 Å². The van der Waals surface area contributed by atoms with E-state index in [1.165, 1.54) is 16.8 Å². The molecule has 2 heterocycles. The minimum atomic E-state index is -3.48. The quantitative estimate of drug-likeness (QED) is 0.661. The van der Waals surface area contributed by atoms with Crippen LogP contribution in [-0.4, -0.2) is 29.1 Å². The third-order valence-electron chi connectivity index (χ3n) is 5.88. The number of carbonyl (C=O) groups excluding carboxylic acids is 1. The van der Waals surface area contributed by atoms with Crippen LogP contribution in [0.25, 0.3) is 0 Å². The summed E-state index contributed by atoms with van der Waals surface area (Å²) in [5.41, 5.74) is 0.00147. The summed E-state index contributed by atoms with van der Waals surface area (Å²) in [5.74, 6) is 0.0118. The smallest absolute Gasteiger partial charge is 0.252 e. The van der Waals surface area contributed by atoms with E-state index in [9.17, 15) is 18.0 Å². The molecule has 1 N–H and O–H groups in total. The summed E-state index contributed by atoms with van der Waals surface area (Å²) < 4.78 is 27.1. The number of nitrogens with zero attached hydrogens (tertiary/aromatic N) is 2. The number of pyridine rings is 1. The van der Waals surface area contributed by atoms with Gasteiger partial charge < -0.3 is 9.88 Å². The minimum Gasteiger partial charge on any atom is -0.300 e. The summed E-state index contributed by atoms with van der Waals surface area (Å²) in [6.45, 7) is 1.68. The van der Waals surface area contributed by atoms with Crippen molar-refractivity contribution in [3.8, 4) is 0 Å². The third-order valence-corrected chi connectivity index (χ3v) is 9.15. The van der Waals surface area contributed by atoms with Crippen LogP contribution in [0.4, 0.5) is 5.13 Å². The largest absolute Gasteiger partial charge is 0.300 e. The van der Waals surface area contributed by atoms with Crippen molar-refractivity contribution < 1.29 is 13.2 Å². The molecule has 7 nitrogen and oxygen atoms in total. The monoisotopic (exact) mass is 469 g/mol. The molecule has 0 unspecified atom stereocenters. The summed E-state index contributed by atoms with van der Waals surface area (Å²) in [5, 5.41) is 2.75. The van der Waals surface area contributed by atoms with E-state index in [1.54, 1.807) is 6.92 Å². The fourth-order valence-corrected chi connectivity index (χ4v) is 6.77. The van der Waals surface area contributed by atoms with E-state index in [0.29, 0.717) is 40.3 Å². The Bertz CT molecular complexity index is 1120. The van der Waals surface area contributed by atoms with Gasteiger partial charge in [-0.1, -0.05) is 48.6 Å². The van der Waals surface area contributed by atoms with Gasteiger partial charge in [-0.3, -0.25) is 9.59 Å². The number of carbonyl (C=O) groups is 1. The maximum atomic E-state index is 13.1. The highest BCUT2D eigenvalue weighted by molar-refractivity contribution is 7.92. The lowest BCUT2D eigenvalue weighted by atomic mass is 9.97. The van der Waals surface area contributed by atoms with Crippen LogP contribution in [0.5, 0.6) is 0 Å². The normalized spacial score (nSPS) is 18.5. The Labute approximate surface area is 184 Å². The second-order valence-electron chi connectivity index (χ2n) is 8.15. The Morgan fingerprint density at radius 1 is 1.30 bits per heavy atom. The minimum absolute atomic E-state index is 0.0514. The van der Waals surface area contributed by atoms with Crippen molar-refractivity contribution in [1.82, 2.24) is 9.55 Å². The highest BCUT2D eigenvalue weighted by Gasteiger charge is 2.38. The molecule has 2 saturated carbocycles. The second-order valence-corrected chi connectivity index (χ2v) is 12.0. The highest BCUT2D eigenvalue weighted by Crippen LogP contribution is 2.35. The fraction of sp³-hybridized carbons (Fsp3) is 0.550. The lowest BCUT2D eigenvalue weighted by Gasteiger charge is -2.24. The van der Waals surface area contributed by atoms with Crippen molar-refractivity contribution in [2.24, 2.45) is 5.92 Å². The summed E-state index contributed by atoms with van der Waals surface area (Å²) in [6.07, 6.45) is 7.54. The van der Waals surface area contributed by atoms with Gasteiger partial charge in [-0.25, -0.2) is 13.4 Å². The summed E-state index contributed by atoms with van der Waals surface area (Å²) in [7, 11) is -3.48. The van der Waals surface area contributed by atoms with Crippen LogP contribution in [0.2, 0.25) is 4.34 Å². The van der Waals surface area contributed by atoms with Crippen LogP contribution >= 0.6 is 22.9 Å². The molecule has 2 aliphatic rings. The summed E-state index contributed by atoms with van der Waals surface area (Å²) >= 11 is 7.06. The molecule has 30 heavy (non-hydrogen) atoms. The zero-order valence-corrected chi connectivity index (χ0v) is 19.0. The molecular weight excluding hydrogens is 446 g/mol. The van der Waals surface area contributed by atoms with Crippen LogP contribution < -0.4 is 10.9 Å². The lowest BCUT2D eigenvalue weighted by molar-refractivity contribution is -0.119. The average Bonchev–Trinajstić information content (AvgIpc) is 3.29. The number of halogens is 1. The molecular formula is C20H24ClN3O4S2. The fourth-order valence-electron chi connectivity index (χ4n) is 4.21. The molecule has 0 spiro atoms. The van der Waals surface area contributed by atoms with Crippen LogP contribution in [-0.2, 0) is 14.6 Å². The van der Waals surface area contributed by atoms with Gasteiger partial charge >= 0.3 is 0 Å². The van der Waals surface area contributed by atoms with Gasteiger partial charge in [0.25, 0.3) is 5.56 Å². The van der Waals surface area contributed by atoms with Crippen molar-refractivity contribution in [2.75, 3.05) is 5.32 Å². The number of hydrogen-bond acceptors (Lipinski definition) is 6. The maximum absolute atomic E-state index is 13.1. The van der Waals surface area contributed by atoms with E-state index < -0.39 is 21.4 Å². The first-order valence-electron chi connectivity index (χ1n) is 10.1. The first-order valence-corrected chi connectivity index (χ1v) is 12.9. The maximum Gasteiger partial charge on any atom is 0.252 e. The van der Waals surface area contributed by atoms with Gasteiger partial charge in [0.2, 0.25) is 5.91 Å². The Balaban J connectivity index is 1.68. The molecule has 4 rings (SSSR count). The van der Waals surface area contributed by atoms with Crippen LogP contribution in [0.15, 0.2) is 28.0 Å². The zero-order valence-electron chi connectivity index (χ0n) is 16.6.